The second kappa shape index (κ2) is 8.32. The fourth-order valence-electron chi connectivity index (χ4n) is 2.24. The van der Waals surface area contributed by atoms with E-state index < -0.39 is 10.0 Å². The fourth-order valence-corrected chi connectivity index (χ4v) is 4.74. The van der Waals surface area contributed by atoms with Crippen LogP contribution in [0.5, 0.6) is 5.75 Å². The molecule has 0 aliphatic rings. The Morgan fingerprint density at radius 1 is 1.22 bits per heavy atom. The predicted octanol–water partition coefficient (Wildman–Crippen LogP) is 3.93. The zero-order valence-electron chi connectivity index (χ0n) is 14.6. The summed E-state index contributed by atoms with van der Waals surface area (Å²) < 4.78 is 36.1. The number of anilines is 1. The molecule has 1 N–H and O–H groups in total. The molecule has 0 fully saturated rings. The normalized spacial score (nSPS) is 11.4. The van der Waals surface area contributed by atoms with Crippen molar-refractivity contribution in [1.82, 2.24) is 14.8 Å². The van der Waals surface area contributed by atoms with Crippen molar-refractivity contribution in [3.05, 3.63) is 53.3 Å². The number of halogens is 1. The van der Waals surface area contributed by atoms with Gasteiger partial charge in [0.1, 0.15) is 17.0 Å². The van der Waals surface area contributed by atoms with Crippen molar-refractivity contribution in [2.75, 3.05) is 11.3 Å². The van der Waals surface area contributed by atoms with Gasteiger partial charge in [0, 0.05) is 22.1 Å². The Morgan fingerprint density at radius 3 is 2.59 bits per heavy atom. The first-order valence-electron chi connectivity index (χ1n) is 7.96. The van der Waals surface area contributed by atoms with Gasteiger partial charge in [0.25, 0.3) is 10.0 Å². The predicted molar refractivity (Wildman–Crippen MR) is 108 cm³/mol. The van der Waals surface area contributed by atoms with E-state index in [0.717, 1.165) is 10.1 Å². The second-order valence-corrected chi connectivity index (χ2v) is 9.09. The highest BCUT2D eigenvalue weighted by Gasteiger charge is 2.20. The summed E-state index contributed by atoms with van der Waals surface area (Å²) in [5.74, 6) is 0.308. The lowest BCUT2D eigenvalue weighted by Crippen LogP contribution is -2.14. The van der Waals surface area contributed by atoms with Crippen LogP contribution in [0.2, 0.25) is 0 Å². The number of sulfonamides is 1. The molecule has 0 bridgehead atoms. The van der Waals surface area contributed by atoms with E-state index in [9.17, 15) is 8.42 Å². The summed E-state index contributed by atoms with van der Waals surface area (Å²) in [7, 11) is -1.94. The zero-order valence-corrected chi connectivity index (χ0v) is 17.8. The van der Waals surface area contributed by atoms with Gasteiger partial charge in [-0.25, -0.2) is 8.42 Å². The summed E-state index contributed by atoms with van der Waals surface area (Å²) in [5.41, 5.74) is 0.458. The first-order chi connectivity index (χ1) is 12.9. The number of nitrogens with zero attached hydrogens (tertiary/aromatic N) is 3. The Balaban J connectivity index is 1.80. The molecule has 0 aliphatic carbocycles. The maximum Gasteiger partial charge on any atom is 0.265 e. The van der Waals surface area contributed by atoms with E-state index in [4.69, 9.17) is 4.74 Å². The molecule has 3 rings (SSSR count). The van der Waals surface area contributed by atoms with E-state index in [1.807, 2.05) is 23.7 Å². The largest absolute Gasteiger partial charge is 0.492 e. The van der Waals surface area contributed by atoms with Crippen LogP contribution in [-0.2, 0) is 17.1 Å². The molecule has 0 atom stereocenters. The Hall–Kier alpha value is -2.04. The van der Waals surface area contributed by atoms with E-state index in [0.29, 0.717) is 22.5 Å². The summed E-state index contributed by atoms with van der Waals surface area (Å²) in [6.45, 7) is 2.18. The van der Waals surface area contributed by atoms with E-state index >= 15 is 0 Å². The van der Waals surface area contributed by atoms with Crippen LogP contribution in [0.15, 0.2) is 68.2 Å². The summed E-state index contributed by atoms with van der Waals surface area (Å²) in [5, 5.41) is 8.60. The summed E-state index contributed by atoms with van der Waals surface area (Å²) in [6.07, 6.45) is 1.62. The van der Waals surface area contributed by atoms with Crippen LogP contribution in [0, 0.1) is 0 Å². The van der Waals surface area contributed by atoms with Gasteiger partial charge in [-0.05, 0) is 61.2 Å². The van der Waals surface area contributed by atoms with Crippen LogP contribution in [0.25, 0.3) is 0 Å². The molecule has 0 unspecified atom stereocenters. The van der Waals surface area contributed by atoms with Crippen molar-refractivity contribution >= 4 is 43.4 Å². The molecule has 3 aromatic rings. The van der Waals surface area contributed by atoms with Gasteiger partial charge in [0.2, 0.25) is 0 Å². The van der Waals surface area contributed by atoms with E-state index in [1.54, 1.807) is 37.5 Å². The smallest absolute Gasteiger partial charge is 0.265 e. The summed E-state index contributed by atoms with van der Waals surface area (Å²) >= 11 is 4.75. The molecule has 0 saturated carbocycles. The average molecular weight is 469 g/mol. The molecule has 27 heavy (non-hydrogen) atoms. The second-order valence-electron chi connectivity index (χ2n) is 5.48. The van der Waals surface area contributed by atoms with Gasteiger partial charge in [-0.3, -0.25) is 4.72 Å². The highest BCUT2D eigenvalue weighted by molar-refractivity contribution is 9.10. The maximum atomic E-state index is 12.8. The number of ether oxygens (including phenoxy) is 1. The number of aromatic nitrogens is 3. The molecule has 10 heteroatoms. The Bertz CT molecular complexity index is 1040. The van der Waals surface area contributed by atoms with Gasteiger partial charge in [-0.15, -0.1) is 10.2 Å². The minimum absolute atomic E-state index is 0.0799. The molecule has 0 radical (unpaired) electrons. The van der Waals surface area contributed by atoms with Gasteiger partial charge in [-0.1, -0.05) is 15.9 Å². The molecule has 0 amide bonds. The third kappa shape index (κ3) is 4.82. The van der Waals surface area contributed by atoms with Crippen LogP contribution >= 0.6 is 27.7 Å². The molecule has 2 aromatic carbocycles. The zero-order chi connectivity index (χ0) is 19.4. The first-order valence-corrected chi connectivity index (χ1v) is 11.1. The van der Waals surface area contributed by atoms with E-state index in [-0.39, 0.29) is 4.90 Å². The molecule has 1 aromatic heterocycles. The third-order valence-electron chi connectivity index (χ3n) is 3.48. The minimum Gasteiger partial charge on any atom is -0.492 e. The molecule has 1 heterocycles. The van der Waals surface area contributed by atoms with E-state index in [1.165, 1.54) is 17.8 Å². The molecular formula is C17H17BrN4O3S2. The van der Waals surface area contributed by atoms with Crippen LogP contribution in [-0.4, -0.2) is 29.8 Å². The molecule has 0 spiro atoms. The van der Waals surface area contributed by atoms with Crippen molar-refractivity contribution in [2.45, 2.75) is 21.9 Å². The number of hydrogen-bond donors (Lipinski definition) is 1. The maximum absolute atomic E-state index is 12.8. The summed E-state index contributed by atoms with van der Waals surface area (Å²) in [6, 6.07) is 11.9. The monoisotopic (exact) mass is 468 g/mol. The van der Waals surface area contributed by atoms with Gasteiger partial charge in [0.15, 0.2) is 5.16 Å². The highest BCUT2D eigenvalue weighted by Crippen LogP contribution is 2.30. The number of benzene rings is 2. The van der Waals surface area contributed by atoms with Crippen LogP contribution in [0.3, 0.4) is 0 Å². The number of hydrogen-bond acceptors (Lipinski definition) is 6. The van der Waals surface area contributed by atoms with Gasteiger partial charge in [-0.2, -0.15) is 0 Å². The Labute approximate surface area is 170 Å². The number of rotatable bonds is 7. The third-order valence-corrected chi connectivity index (χ3v) is 6.44. The number of aryl methyl sites for hydroxylation is 1. The van der Waals surface area contributed by atoms with E-state index in [2.05, 4.69) is 30.8 Å². The summed E-state index contributed by atoms with van der Waals surface area (Å²) in [4.78, 5) is 1.00. The van der Waals surface area contributed by atoms with Crippen molar-refractivity contribution in [2.24, 2.45) is 7.05 Å². The standard InChI is InChI=1S/C17H17BrN4O3S2/c1-3-25-15-9-4-12(18)10-16(15)27(23,24)21-13-5-7-14(8-6-13)26-17-20-19-11-22(17)2/h4-11,21H,3H2,1-2H3. The molecule has 0 saturated heterocycles. The van der Waals surface area contributed by atoms with Crippen molar-refractivity contribution in [3.63, 3.8) is 0 Å². The quantitative estimate of drug-likeness (QED) is 0.565. The Morgan fingerprint density at radius 2 is 1.96 bits per heavy atom. The molecule has 0 aliphatic heterocycles. The lowest BCUT2D eigenvalue weighted by atomic mass is 10.3. The molecule has 7 nitrogen and oxygen atoms in total. The van der Waals surface area contributed by atoms with Gasteiger partial charge in [0.05, 0.1) is 6.61 Å². The SMILES string of the molecule is CCOc1ccc(Br)cc1S(=O)(=O)Nc1ccc(Sc2nncn2C)cc1. The minimum atomic E-state index is -3.80. The van der Waals surface area contributed by atoms with Crippen molar-refractivity contribution in [1.29, 1.82) is 0 Å². The van der Waals surface area contributed by atoms with Crippen LogP contribution < -0.4 is 9.46 Å². The highest BCUT2D eigenvalue weighted by atomic mass is 79.9. The van der Waals surface area contributed by atoms with Crippen LogP contribution in [0.1, 0.15) is 6.92 Å². The molecule has 142 valence electrons. The topological polar surface area (TPSA) is 86.1 Å². The number of nitrogens with one attached hydrogen (secondary N) is 1. The van der Waals surface area contributed by atoms with Gasteiger partial charge >= 0.3 is 0 Å². The van der Waals surface area contributed by atoms with Gasteiger partial charge < -0.3 is 9.30 Å². The first kappa shape index (κ1) is 19.7. The Kier molecular flexibility index (Phi) is 6.08. The van der Waals surface area contributed by atoms with Crippen LogP contribution in [0.4, 0.5) is 5.69 Å². The van der Waals surface area contributed by atoms with Crippen molar-refractivity contribution in [3.8, 4) is 5.75 Å². The fraction of sp³-hybridized carbons (Fsp3) is 0.176. The lowest BCUT2D eigenvalue weighted by Gasteiger charge is -2.13. The average Bonchev–Trinajstić information content (AvgIpc) is 3.03. The lowest BCUT2D eigenvalue weighted by molar-refractivity contribution is 0.331. The van der Waals surface area contributed by atoms with Crippen molar-refractivity contribution < 1.29 is 13.2 Å². The molecular weight excluding hydrogens is 452 g/mol.